The number of methoxy groups -OCH3 is 1. The van der Waals surface area contributed by atoms with E-state index in [1.165, 1.54) is 5.69 Å². The van der Waals surface area contributed by atoms with Crippen LogP contribution in [0.5, 0.6) is 5.75 Å². The topological polar surface area (TPSA) is 60.3 Å². The Kier molecular flexibility index (Phi) is 8.27. The van der Waals surface area contributed by atoms with Crippen LogP contribution in [0, 0.1) is 5.92 Å². The highest BCUT2D eigenvalue weighted by atomic mass is 127. The van der Waals surface area contributed by atoms with Crippen molar-refractivity contribution in [2.24, 2.45) is 10.9 Å². The molecule has 2 N–H and O–H groups in total. The van der Waals surface area contributed by atoms with E-state index in [0.717, 1.165) is 57.3 Å². The third-order valence-electron chi connectivity index (χ3n) is 5.01. The Hall–Kier alpha value is -1.22. The number of aliphatic hydroxyl groups excluding tert-OH is 1. The second-order valence-electron chi connectivity index (χ2n) is 6.86. The highest BCUT2D eigenvalue weighted by Gasteiger charge is 2.26. The summed E-state index contributed by atoms with van der Waals surface area (Å²) in [5, 5.41) is 13.1. The highest BCUT2D eigenvalue weighted by molar-refractivity contribution is 14.0. The first-order valence-corrected chi connectivity index (χ1v) is 9.30. The number of β-amino-alcohol motifs (C(OH)–C–C–N with tert-alkyl or cyclic N) is 1. The number of hydrogen-bond acceptors (Lipinski definition) is 4. The Morgan fingerprint density at radius 1 is 1.27 bits per heavy atom. The molecule has 2 saturated heterocycles. The number of anilines is 1. The molecule has 2 heterocycles. The van der Waals surface area contributed by atoms with Crippen LogP contribution in [0.3, 0.4) is 0 Å². The molecule has 2 aliphatic rings. The minimum atomic E-state index is -0.226. The number of halogens is 1. The lowest BCUT2D eigenvalue weighted by atomic mass is 10.1. The minimum absolute atomic E-state index is 0. The molecule has 2 aliphatic heterocycles. The summed E-state index contributed by atoms with van der Waals surface area (Å²) < 4.78 is 5.49. The van der Waals surface area contributed by atoms with Gasteiger partial charge in [0.15, 0.2) is 5.96 Å². The third-order valence-corrected chi connectivity index (χ3v) is 5.01. The maximum absolute atomic E-state index is 9.76. The predicted molar refractivity (Wildman–Crippen MR) is 117 cm³/mol. The summed E-state index contributed by atoms with van der Waals surface area (Å²) in [6.07, 6.45) is 1.75. The summed E-state index contributed by atoms with van der Waals surface area (Å²) in [7, 11) is 1.73. The van der Waals surface area contributed by atoms with Crippen molar-refractivity contribution in [2.45, 2.75) is 25.9 Å². The Bertz CT molecular complexity index is 599. The molecule has 1 aromatic carbocycles. The number of guanidine groups is 1. The molecular formula is C19H31IN4O2. The van der Waals surface area contributed by atoms with Crippen molar-refractivity contribution in [3.05, 3.63) is 24.3 Å². The van der Waals surface area contributed by atoms with E-state index in [1.807, 2.05) is 12.1 Å². The molecule has 26 heavy (non-hydrogen) atoms. The molecule has 0 bridgehead atoms. The van der Waals surface area contributed by atoms with E-state index in [4.69, 9.17) is 9.73 Å². The number of benzene rings is 1. The SMILES string of the molecule is CCNC(=NCC1CCN(c2ccccc2OC)C1)N1CC[C@@H](O)C1.I. The smallest absolute Gasteiger partial charge is 0.194 e. The Morgan fingerprint density at radius 3 is 2.77 bits per heavy atom. The summed E-state index contributed by atoms with van der Waals surface area (Å²) in [5.41, 5.74) is 1.17. The van der Waals surface area contributed by atoms with Crippen LogP contribution < -0.4 is 15.0 Å². The van der Waals surface area contributed by atoms with Crippen molar-refractivity contribution in [1.82, 2.24) is 10.2 Å². The lowest BCUT2D eigenvalue weighted by Gasteiger charge is -2.22. The molecule has 1 unspecified atom stereocenters. The molecule has 146 valence electrons. The van der Waals surface area contributed by atoms with Crippen LogP contribution >= 0.6 is 24.0 Å². The molecule has 0 radical (unpaired) electrons. The van der Waals surface area contributed by atoms with Gasteiger partial charge in [0.25, 0.3) is 0 Å². The van der Waals surface area contributed by atoms with Gasteiger partial charge in [0.1, 0.15) is 5.75 Å². The van der Waals surface area contributed by atoms with E-state index in [9.17, 15) is 5.11 Å². The summed E-state index contributed by atoms with van der Waals surface area (Å²) in [6, 6.07) is 8.21. The largest absolute Gasteiger partial charge is 0.495 e. The summed E-state index contributed by atoms with van der Waals surface area (Å²) in [4.78, 5) is 9.41. The lowest BCUT2D eigenvalue weighted by Crippen LogP contribution is -2.40. The van der Waals surface area contributed by atoms with Gasteiger partial charge in [-0.2, -0.15) is 0 Å². The van der Waals surface area contributed by atoms with Crippen LogP contribution in [0.2, 0.25) is 0 Å². The average molecular weight is 474 g/mol. The molecule has 3 rings (SSSR count). The zero-order valence-electron chi connectivity index (χ0n) is 15.7. The third kappa shape index (κ3) is 5.16. The van der Waals surface area contributed by atoms with Crippen molar-refractivity contribution in [3.63, 3.8) is 0 Å². The number of nitrogens with one attached hydrogen (secondary N) is 1. The molecule has 0 aromatic heterocycles. The molecular weight excluding hydrogens is 443 g/mol. The number of aliphatic imine (C=N–C) groups is 1. The summed E-state index contributed by atoms with van der Waals surface area (Å²) in [5.74, 6) is 2.42. The van der Waals surface area contributed by atoms with Crippen LogP contribution in [-0.2, 0) is 0 Å². The molecule has 7 heteroatoms. The van der Waals surface area contributed by atoms with Crippen LogP contribution in [0.15, 0.2) is 29.3 Å². The zero-order chi connectivity index (χ0) is 17.6. The molecule has 0 aliphatic carbocycles. The van der Waals surface area contributed by atoms with Crippen molar-refractivity contribution < 1.29 is 9.84 Å². The highest BCUT2D eigenvalue weighted by Crippen LogP contribution is 2.32. The first-order chi connectivity index (χ1) is 12.2. The fourth-order valence-electron chi connectivity index (χ4n) is 3.67. The van der Waals surface area contributed by atoms with Gasteiger partial charge in [-0.05, 0) is 37.8 Å². The lowest BCUT2D eigenvalue weighted by molar-refractivity contribution is 0.187. The van der Waals surface area contributed by atoms with Crippen molar-refractivity contribution >= 4 is 35.6 Å². The number of likely N-dealkylation sites (tertiary alicyclic amines) is 1. The molecule has 2 atom stereocenters. The number of nitrogens with zero attached hydrogens (tertiary/aromatic N) is 3. The van der Waals surface area contributed by atoms with Gasteiger partial charge in [-0.1, -0.05) is 12.1 Å². The van der Waals surface area contributed by atoms with Crippen molar-refractivity contribution in [2.75, 3.05) is 51.3 Å². The van der Waals surface area contributed by atoms with Crippen LogP contribution in [-0.4, -0.2) is 68.4 Å². The van der Waals surface area contributed by atoms with Gasteiger partial charge in [-0.15, -0.1) is 24.0 Å². The van der Waals surface area contributed by atoms with E-state index in [0.29, 0.717) is 12.5 Å². The monoisotopic (exact) mass is 474 g/mol. The van der Waals surface area contributed by atoms with E-state index in [1.54, 1.807) is 7.11 Å². The van der Waals surface area contributed by atoms with Gasteiger partial charge < -0.3 is 25.0 Å². The predicted octanol–water partition coefficient (Wildman–Crippen LogP) is 2.17. The second-order valence-corrected chi connectivity index (χ2v) is 6.86. The molecule has 1 aromatic rings. The van der Waals surface area contributed by atoms with Gasteiger partial charge in [-0.3, -0.25) is 4.99 Å². The van der Waals surface area contributed by atoms with Crippen LogP contribution in [0.25, 0.3) is 0 Å². The van der Waals surface area contributed by atoms with Crippen LogP contribution in [0.4, 0.5) is 5.69 Å². The van der Waals surface area contributed by atoms with Crippen LogP contribution in [0.1, 0.15) is 19.8 Å². The van der Waals surface area contributed by atoms with Gasteiger partial charge in [0, 0.05) is 39.3 Å². The number of aliphatic hydroxyl groups is 1. The van der Waals surface area contributed by atoms with Gasteiger partial charge in [-0.25, -0.2) is 0 Å². The van der Waals surface area contributed by atoms with E-state index >= 15 is 0 Å². The molecule has 0 spiro atoms. The summed E-state index contributed by atoms with van der Waals surface area (Å²) >= 11 is 0. The fraction of sp³-hybridized carbons (Fsp3) is 0.632. The Balaban J connectivity index is 0.00000243. The average Bonchev–Trinajstić information content (AvgIpc) is 3.27. The van der Waals surface area contributed by atoms with Gasteiger partial charge in [0.2, 0.25) is 0 Å². The first kappa shape index (κ1) is 21.1. The van der Waals surface area contributed by atoms with E-state index in [2.05, 4.69) is 34.2 Å². The Labute approximate surface area is 173 Å². The molecule has 2 fully saturated rings. The molecule has 6 nitrogen and oxygen atoms in total. The normalized spacial score (nSPS) is 23.1. The van der Waals surface area contributed by atoms with E-state index < -0.39 is 0 Å². The van der Waals surface area contributed by atoms with Crippen molar-refractivity contribution in [1.29, 1.82) is 0 Å². The number of ether oxygens (including phenoxy) is 1. The van der Waals surface area contributed by atoms with Crippen molar-refractivity contribution in [3.8, 4) is 5.75 Å². The standard InChI is InChI=1S/C19H30N4O2.HI/c1-3-20-19(23-11-9-16(24)14-23)21-12-15-8-10-22(13-15)17-6-4-5-7-18(17)25-2;/h4-7,15-16,24H,3,8-14H2,1-2H3,(H,20,21);1H/t15?,16-;/m1./s1. The second kappa shape index (κ2) is 10.2. The fourth-order valence-corrected chi connectivity index (χ4v) is 3.67. The molecule has 0 amide bonds. The summed E-state index contributed by atoms with van der Waals surface area (Å²) in [6.45, 7) is 7.37. The Morgan fingerprint density at radius 2 is 2.08 bits per heavy atom. The number of rotatable bonds is 5. The number of para-hydroxylation sites is 2. The zero-order valence-corrected chi connectivity index (χ0v) is 18.1. The molecule has 0 saturated carbocycles. The maximum atomic E-state index is 9.76. The van der Waals surface area contributed by atoms with Gasteiger partial charge in [0.05, 0.1) is 18.9 Å². The quantitative estimate of drug-likeness (QED) is 0.389. The number of hydrogen-bond donors (Lipinski definition) is 2. The van der Waals surface area contributed by atoms with Gasteiger partial charge >= 0.3 is 0 Å². The minimum Gasteiger partial charge on any atom is -0.495 e. The maximum Gasteiger partial charge on any atom is 0.194 e. The first-order valence-electron chi connectivity index (χ1n) is 9.30. The van der Waals surface area contributed by atoms with E-state index in [-0.39, 0.29) is 30.1 Å².